The summed E-state index contributed by atoms with van der Waals surface area (Å²) < 4.78 is 5.92. The van der Waals surface area contributed by atoms with E-state index in [-0.39, 0.29) is 12.2 Å². The molecular formula is C30H44N2O2. The Morgan fingerprint density at radius 2 is 2.03 bits per heavy atom. The van der Waals surface area contributed by atoms with Crippen LogP contribution in [0.2, 0.25) is 0 Å². The van der Waals surface area contributed by atoms with Gasteiger partial charge in [-0.1, -0.05) is 42.4 Å². The second-order valence-corrected chi connectivity index (χ2v) is 12.8. The highest BCUT2D eigenvalue weighted by atomic mass is 16.6. The second-order valence-electron chi connectivity index (χ2n) is 12.8. The van der Waals surface area contributed by atoms with Crippen LogP contribution in [0, 0.1) is 34.5 Å². The number of amides is 1. The molecule has 6 rings (SSSR count). The zero-order valence-corrected chi connectivity index (χ0v) is 21.5. The molecule has 0 radical (unpaired) electrons. The SMILES string of the molecule is C[C@H]1C2CC[C@H]3[C@@H]4CC=C5C[C@@H](OC(=O)NCC6=CC=CCC6)CC[C@]5(C)[C@H]4CC[C@]23CN1C. The number of nitrogens with one attached hydrogen (secondary N) is 1. The Labute approximate surface area is 206 Å². The third kappa shape index (κ3) is 3.53. The number of carbonyl (C=O) groups excluding carboxylic acids is 1. The Hall–Kier alpha value is -1.55. The van der Waals surface area contributed by atoms with Crippen LogP contribution >= 0.6 is 0 Å². The largest absolute Gasteiger partial charge is 0.446 e. The maximum absolute atomic E-state index is 12.5. The number of hydrogen-bond acceptors (Lipinski definition) is 3. The number of hydrogen-bond donors (Lipinski definition) is 1. The lowest BCUT2D eigenvalue weighted by Gasteiger charge is -2.58. The van der Waals surface area contributed by atoms with Gasteiger partial charge in [0.05, 0.1) is 0 Å². The lowest BCUT2D eigenvalue weighted by atomic mass is 9.47. The molecule has 1 aliphatic heterocycles. The molecule has 6 aliphatic rings. The van der Waals surface area contributed by atoms with Gasteiger partial charge in [-0.05, 0) is 106 Å². The fourth-order valence-corrected chi connectivity index (χ4v) is 9.71. The molecule has 1 spiro atoms. The molecule has 0 aromatic rings. The average molecular weight is 465 g/mol. The van der Waals surface area contributed by atoms with Gasteiger partial charge in [0.1, 0.15) is 6.10 Å². The lowest BCUT2D eigenvalue weighted by Crippen LogP contribution is -2.52. The van der Waals surface area contributed by atoms with E-state index in [0.29, 0.717) is 17.4 Å². The van der Waals surface area contributed by atoms with Gasteiger partial charge in [0.15, 0.2) is 0 Å². The van der Waals surface area contributed by atoms with Crippen LogP contribution in [0.25, 0.3) is 0 Å². The van der Waals surface area contributed by atoms with Gasteiger partial charge in [0.25, 0.3) is 0 Å². The lowest BCUT2D eigenvalue weighted by molar-refractivity contribution is -0.0488. The Morgan fingerprint density at radius 3 is 2.85 bits per heavy atom. The predicted molar refractivity (Wildman–Crippen MR) is 136 cm³/mol. The standard InChI is InChI=1S/C30H44N2O2/c1-20-25-11-12-27-24-10-9-22-17-23(34-28(33)31-18-21-7-5-4-6-8-21)13-15-29(22,2)26(24)14-16-30(25,27)19-32(20)3/h4-5,7,9,20,23-27H,6,8,10-19H2,1-3H3,(H,31,33)/t20-,23-,24+,25?,26-,27-,29-,30-/m0/s1. The van der Waals surface area contributed by atoms with Gasteiger partial charge in [-0.3, -0.25) is 0 Å². The van der Waals surface area contributed by atoms with E-state index in [1.807, 2.05) is 0 Å². The van der Waals surface area contributed by atoms with E-state index in [1.165, 1.54) is 50.6 Å². The van der Waals surface area contributed by atoms with Crippen LogP contribution in [0.3, 0.4) is 0 Å². The van der Waals surface area contributed by atoms with Gasteiger partial charge >= 0.3 is 6.09 Å². The summed E-state index contributed by atoms with van der Waals surface area (Å²) in [5.74, 6) is 3.53. The van der Waals surface area contributed by atoms with Crippen LogP contribution in [0.1, 0.15) is 78.1 Å². The molecule has 34 heavy (non-hydrogen) atoms. The van der Waals surface area contributed by atoms with Crippen molar-refractivity contribution in [1.82, 2.24) is 10.2 Å². The van der Waals surface area contributed by atoms with Crippen LogP contribution in [-0.4, -0.2) is 43.3 Å². The summed E-state index contributed by atoms with van der Waals surface area (Å²) in [5.41, 5.74) is 3.79. The van der Waals surface area contributed by atoms with Crippen molar-refractivity contribution in [2.45, 2.75) is 90.2 Å². The first-order chi connectivity index (χ1) is 16.4. The number of rotatable bonds is 3. The summed E-state index contributed by atoms with van der Waals surface area (Å²) in [7, 11) is 2.36. The topological polar surface area (TPSA) is 41.6 Å². The van der Waals surface area contributed by atoms with Crippen molar-refractivity contribution in [1.29, 1.82) is 0 Å². The molecule has 5 aliphatic carbocycles. The third-order valence-electron chi connectivity index (χ3n) is 11.5. The first kappa shape index (κ1) is 22.9. The molecule has 1 amide bonds. The molecule has 0 aromatic carbocycles. The van der Waals surface area contributed by atoms with Gasteiger partial charge in [0.2, 0.25) is 0 Å². The first-order valence-corrected chi connectivity index (χ1v) is 14.1. The molecule has 0 bridgehead atoms. The number of alkyl carbamates (subject to hydrolysis) is 1. The predicted octanol–water partition coefficient (Wildman–Crippen LogP) is 6.25. The highest BCUT2D eigenvalue weighted by Gasteiger charge is 2.64. The van der Waals surface area contributed by atoms with Crippen molar-refractivity contribution in [2.24, 2.45) is 34.5 Å². The fourth-order valence-electron chi connectivity index (χ4n) is 9.71. The minimum Gasteiger partial charge on any atom is -0.446 e. The van der Waals surface area contributed by atoms with Gasteiger partial charge in [-0.2, -0.15) is 0 Å². The highest BCUT2D eigenvalue weighted by molar-refractivity contribution is 5.67. The molecule has 1 N–H and O–H groups in total. The summed E-state index contributed by atoms with van der Waals surface area (Å²) in [4.78, 5) is 15.2. The Bertz CT molecular complexity index is 921. The van der Waals surface area contributed by atoms with Crippen molar-refractivity contribution in [2.75, 3.05) is 20.1 Å². The molecule has 1 saturated heterocycles. The molecule has 8 atom stereocenters. The molecule has 186 valence electrons. The molecule has 1 heterocycles. The monoisotopic (exact) mass is 464 g/mol. The summed E-state index contributed by atoms with van der Waals surface area (Å²) in [6.45, 7) is 6.98. The summed E-state index contributed by atoms with van der Waals surface area (Å²) in [6, 6.07) is 0.761. The zero-order chi connectivity index (χ0) is 23.5. The minimum absolute atomic E-state index is 0.0335. The first-order valence-electron chi connectivity index (χ1n) is 14.1. The maximum Gasteiger partial charge on any atom is 0.407 e. The van der Waals surface area contributed by atoms with Crippen LogP contribution < -0.4 is 5.32 Å². The number of nitrogens with zero attached hydrogens (tertiary/aromatic N) is 1. The van der Waals surface area contributed by atoms with E-state index in [0.717, 1.165) is 55.4 Å². The van der Waals surface area contributed by atoms with E-state index >= 15 is 0 Å². The van der Waals surface area contributed by atoms with Crippen molar-refractivity contribution in [3.05, 3.63) is 35.5 Å². The summed E-state index contributed by atoms with van der Waals surface area (Å²) in [6.07, 6.45) is 21.0. The minimum atomic E-state index is -0.241. The van der Waals surface area contributed by atoms with Gasteiger partial charge in [0, 0.05) is 25.6 Å². The smallest absolute Gasteiger partial charge is 0.407 e. The number of allylic oxidation sites excluding steroid dienone is 4. The van der Waals surface area contributed by atoms with Gasteiger partial charge in [-0.15, -0.1) is 0 Å². The van der Waals surface area contributed by atoms with Crippen molar-refractivity contribution in [3.63, 3.8) is 0 Å². The molecule has 1 unspecified atom stereocenters. The highest BCUT2D eigenvalue weighted by Crippen LogP contribution is 2.68. The second kappa shape index (κ2) is 8.54. The number of ether oxygens (including phenoxy) is 1. The van der Waals surface area contributed by atoms with Gasteiger partial charge < -0.3 is 15.0 Å². The molecule has 4 fully saturated rings. The van der Waals surface area contributed by atoms with E-state index in [1.54, 1.807) is 5.57 Å². The fraction of sp³-hybridized carbons (Fsp3) is 0.767. The molecule has 4 heteroatoms. The van der Waals surface area contributed by atoms with E-state index in [9.17, 15) is 4.79 Å². The summed E-state index contributed by atoms with van der Waals surface area (Å²) in [5, 5.41) is 2.99. The third-order valence-corrected chi connectivity index (χ3v) is 11.5. The Kier molecular flexibility index (Phi) is 5.75. The molecule has 4 nitrogen and oxygen atoms in total. The van der Waals surface area contributed by atoms with Crippen LogP contribution in [0.4, 0.5) is 4.79 Å². The molecular weight excluding hydrogens is 420 g/mol. The number of likely N-dealkylation sites (tertiary alicyclic amines) is 1. The Balaban J connectivity index is 1.11. The van der Waals surface area contributed by atoms with Crippen molar-refractivity contribution >= 4 is 6.09 Å². The normalized spacial score (nSPS) is 45.4. The van der Waals surface area contributed by atoms with Crippen molar-refractivity contribution < 1.29 is 9.53 Å². The van der Waals surface area contributed by atoms with E-state index < -0.39 is 0 Å². The Morgan fingerprint density at radius 1 is 1.18 bits per heavy atom. The van der Waals surface area contributed by atoms with Crippen molar-refractivity contribution in [3.8, 4) is 0 Å². The van der Waals surface area contributed by atoms with Crippen LogP contribution in [-0.2, 0) is 4.74 Å². The van der Waals surface area contributed by atoms with Crippen LogP contribution in [0.15, 0.2) is 35.5 Å². The van der Waals surface area contributed by atoms with E-state index in [2.05, 4.69) is 55.4 Å². The number of fused-ring (bicyclic) bond motifs is 4. The average Bonchev–Trinajstić information content (AvgIpc) is 3.32. The number of carbonyl (C=O) groups is 1. The zero-order valence-electron chi connectivity index (χ0n) is 21.5. The quantitative estimate of drug-likeness (QED) is 0.502. The van der Waals surface area contributed by atoms with E-state index in [4.69, 9.17) is 4.74 Å². The molecule has 3 saturated carbocycles. The maximum atomic E-state index is 12.5. The van der Waals surface area contributed by atoms with Crippen LogP contribution in [0.5, 0.6) is 0 Å². The van der Waals surface area contributed by atoms with Gasteiger partial charge in [-0.25, -0.2) is 4.79 Å². The molecule has 0 aromatic heterocycles. The summed E-state index contributed by atoms with van der Waals surface area (Å²) >= 11 is 0.